The molecular weight excluding hydrogens is 478 g/mol. The maximum absolute atomic E-state index is 12.3. The van der Waals surface area contributed by atoms with Gasteiger partial charge in [-0.2, -0.15) is 5.10 Å². The fourth-order valence-corrected chi connectivity index (χ4v) is 3.62. The van der Waals surface area contributed by atoms with Gasteiger partial charge in [-0.1, -0.05) is 35.9 Å². The summed E-state index contributed by atoms with van der Waals surface area (Å²) in [4.78, 5) is 21.3. The summed E-state index contributed by atoms with van der Waals surface area (Å²) in [5.41, 5.74) is 4.62. The highest BCUT2D eigenvalue weighted by Crippen LogP contribution is 2.25. The van der Waals surface area contributed by atoms with Gasteiger partial charge in [-0.05, 0) is 50.8 Å². The van der Waals surface area contributed by atoms with E-state index < -0.39 is 0 Å². The van der Waals surface area contributed by atoms with Gasteiger partial charge in [0.2, 0.25) is 5.91 Å². The van der Waals surface area contributed by atoms with Crippen molar-refractivity contribution < 1.29 is 4.79 Å². The zero-order chi connectivity index (χ0) is 21.8. The first-order valence-corrected chi connectivity index (χ1v) is 10.8. The van der Waals surface area contributed by atoms with Gasteiger partial charge in [0.1, 0.15) is 5.82 Å². The van der Waals surface area contributed by atoms with Crippen LogP contribution in [0.5, 0.6) is 0 Å². The second kappa shape index (κ2) is 9.41. The van der Waals surface area contributed by atoms with E-state index in [9.17, 15) is 4.79 Å². The molecule has 0 spiro atoms. The highest BCUT2D eigenvalue weighted by Gasteiger charge is 2.08. The number of rotatable bonds is 6. The Bertz CT molecular complexity index is 1210. The first kappa shape index (κ1) is 21.2. The molecule has 0 saturated heterocycles. The summed E-state index contributed by atoms with van der Waals surface area (Å²) in [6.45, 7) is 0. The highest BCUT2D eigenvalue weighted by molar-refractivity contribution is 9.10. The third-order valence-corrected chi connectivity index (χ3v) is 5.90. The lowest BCUT2D eigenvalue weighted by Gasteiger charge is -2.08. The molecule has 0 aliphatic heterocycles. The summed E-state index contributed by atoms with van der Waals surface area (Å²) in [5.74, 6) is 0.656. The van der Waals surface area contributed by atoms with E-state index in [2.05, 4.69) is 36.3 Å². The van der Waals surface area contributed by atoms with Crippen LogP contribution in [0.3, 0.4) is 0 Å². The molecule has 0 bridgehead atoms. The molecule has 2 aromatic carbocycles. The van der Waals surface area contributed by atoms with Gasteiger partial charge in [0.15, 0.2) is 0 Å². The molecule has 2 heterocycles. The maximum atomic E-state index is 12.3. The zero-order valence-electron chi connectivity index (χ0n) is 16.7. The van der Waals surface area contributed by atoms with E-state index in [1.807, 2.05) is 56.1 Å². The third-order valence-electron chi connectivity index (χ3n) is 4.68. The van der Waals surface area contributed by atoms with Crippen LogP contribution in [0.4, 0.5) is 5.69 Å². The largest absolute Gasteiger partial charge is 0.326 e. The van der Waals surface area contributed by atoms with Crippen molar-refractivity contribution in [3.05, 3.63) is 93.7 Å². The molecule has 0 fully saturated rings. The van der Waals surface area contributed by atoms with Gasteiger partial charge in [0.25, 0.3) is 0 Å². The van der Waals surface area contributed by atoms with E-state index in [0.29, 0.717) is 17.1 Å². The molecule has 6 nitrogen and oxygen atoms in total. The van der Waals surface area contributed by atoms with Crippen molar-refractivity contribution in [2.75, 3.05) is 5.32 Å². The lowest BCUT2D eigenvalue weighted by atomic mass is 10.0. The minimum atomic E-state index is -0.0925. The molecule has 4 aromatic rings. The van der Waals surface area contributed by atoms with Crippen LogP contribution in [0.25, 0.3) is 11.1 Å². The molecule has 0 saturated carbocycles. The second-order valence-electron chi connectivity index (χ2n) is 7.14. The van der Waals surface area contributed by atoms with E-state index in [1.165, 1.54) is 0 Å². The van der Waals surface area contributed by atoms with Gasteiger partial charge in [-0.3, -0.25) is 9.48 Å². The van der Waals surface area contributed by atoms with Crippen molar-refractivity contribution in [1.29, 1.82) is 0 Å². The van der Waals surface area contributed by atoms with Crippen molar-refractivity contribution in [2.24, 2.45) is 7.05 Å². The molecule has 8 heteroatoms. The summed E-state index contributed by atoms with van der Waals surface area (Å²) in [6, 6.07) is 13.1. The number of carbonyl (C=O) groups excluding carboxylic acids is 1. The summed E-state index contributed by atoms with van der Waals surface area (Å²) in [6.07, 6.45) is 8.33. The lowest BCUT2D eigenvalue weighted by molar-refractivity contribution is -0.115. The number of amides is 1. The monoisotopic (exact) mass is 495 g/mol. The van der Waals surface area contributed by atoms with Gasteiger partial charge in [0, 0.05) is 47.8 Å². The average molecular weight is 497 g/mol. The van der Waals surface area contributed by atoms with Crippen LogP contribution in [0.2, 0.25) is 5.02 Å². The minimum Gasteiger partial charge on any atom is -0.326 e. The highest BCUT2D eigenvalue weighted by atomic mass is 79.9. The summed E-state index contributed by atoms with van der Waals surface area (Å²) in [7, 11) is 1.89. The normalized spacial score (nSPS) is 10.8. The fraction of sp³-hybridized carbons (Fsp3) is 0.130. The van der Waals surface area contributed by atoms with Gasteiger partial charge in [-0.15, -0.1) is 0 Å². The number of halogens is 2. The summed E-state index contributed by atoms with van der Waals surface area (Å²) in [5, 5.41) is 7.64. The quantitative estimate of drug-likeness (QED) is 0.405. The first-order valence-electron chi connectivity index (χ1n) is 9.59. The summed E-state index contributed by atoms with van der Waals surface area (Å²) < 4.78 is 2.50. The number of anilines is 1. The van der Waals surface area contributed by atoms with Gasteiger partial charge < -0.3 is 5.32 Å². The van der Waals surface area contributed by atoms with Crippen LogP contribution in [-0.4, -0.2) is 25.7 Å². The number of hydrogen-bond acceptors (Lipinski definition) is 4. The molecule has 0 atom stereocenters. The zero-order valence-corrected chi connectivity index (χ0v) is 19.1. The molecule has 31 heavy (non-hydrogen) atoms. The molecule has 1 N–H and O–H groups in total. The SMILES string of the molecule is Cn1cc(Cc2ncc(-c3ccc(CC(=O)Nc4ccc(Cl)c(Br)c4)cc3)cn2)cn1. The number of aromatic nitrogens is 4. The summed E-state index contributed by atoms with van der Waals surface area (Å²) >= 11 is 9.34. The lowest BCUT2D eigenvalue weighted by Crippen LogP contribution is -2.14. The smallest absolute Gasteiger partial charge is 0.228 e. The van der Waals surface area contributed by atoms with Crippen LogP contribution in [0, 0.1) is 0 Å². The molecule has 4 rings (SSSR count). The van der Waals surface area contributed by atoms with Crippen LogP contribution >= 0.6 is 27.5 Å². The van der Waals surface area contributed by atoms with Crippen LogP contribution in [-0.2, 0) is 24.7 Å². The van der Waals surface area contributed by atoms with E-state index in [-0.39, 0.29) is 12.3 Å². The number of nitrogens with zero attached hydrogens (tertiary/aromatic N) is 4. The van der Waals surface area contributed by atoms with Crippen molar-refractivity contribution in [3.63, 3.8) is 0 Å². The number of nitrogens with one attached hydrogen (secondary N) is 1. The second-order valence-corrected chi connectivity index (χ2v) is 8.40. The average Bonchev–Trinajstić information content (AvgIpc) is 3.16. The third kappa shape index (κ3) is 5.57. The topological polar surface area (TPSA) is 72.7 Å². The number of hydrogen-bond donors (Lipinski definition) is 1. The molecule has 2 aromatic heterocycles. The molecular formula is C23H19BrClN5O. The van der Waals surface area contributed by atoms with E-state index in [0.717, 1.165) is 32.6 Å². The Morgan fingerprint density at radius 2 is 1.77 bits per heavy atom. The van der Waals surface area contributed by atoms with Crippen molar-refractivity contribution >= 4 is 39.1 Å². The van der Waals surface area contributed by atoms with Crippen LogP contribution in [0.15, 0.2) is 71.7 Å². The molecule has 156 valence electrons. The predicted molar refractivity (Wildman–Crippen MR) is 125 cm³/mol. The Hall–Kier alpha value is -3.03. The van der Waals surface area contributed by atoms with Crippen molar-refractivity contribution in [3.8, 4) is 11.1 Å². The van der Waals surface area contributed by atoms with Gasteiger partial charge >= 0.3 is 0 Å². The van der Waals surface area contributed by atoms with E-state index in [4.69, 9.17) is 11.6 Å². The molecule has 0 aliphatic carbocycles. The van der Waals surface area contributed by atoms with Crippen molar-refractivity contribution in [1.82, 2.24) is 19.7 Å². The van der Waals surface area contributed by atoms with Crippen LogP contribution in [0.1, 0.15) is 17.0 Å². The van der Waals surface area contributed by atoms with Crippen LogP contribution < -0.4 is 5.32 Å². The van der Waals surface area contributed by atoms with Gasteiger partial charge in [-0.25, -0.2) is 9.97 Å². The Morgan fingerprint density at radius 3 is 2.42 bits per heavy atom. The molecule has 1 amide bonds. The minimum absolute atomic E-state index is 0.0925. The maximum Gasteiger partial charge on any atom is 0.228 e. The van der Waals surface area contributed by atoms with Crippen molar-refractivity contribution in [2.45, 2.75) is 12.8 Å². The Balaban J connectivity index is 1.37. The first-order chi connectivity index (χ1) is 15.0. The number of benzene rings is 2. The number of carbonyl (C=O) groups is 1. The Labute approximate surface area is 193 Å². The fourth-order valence-electron chi connectivity index (χ4n) is 3.12. The Morgan fingerprint density at radius 1 is 1.03 bits per heavy atom. The van der Waals surface area contributed by atoms with E-state index >= 15 is 0 Å². The Kier molecular flexibility index (Phi) is 6.44. The molecule has 0 radical (unpaired) electrons. The molecule has 0 unspecified atom stereocenters. The number of aryl methyl sites for hydroxylation is 1. The predicted octanol–water partition coefficient (Wildman–Crippen LogP) is 5.07. The molecule has 0 aliphatic rings. The van der Waals surface area contributed by atoms with E-state index in [1.54, 1.807) is 22.9 Å². The standard InChI is InChI=1S/C23H19BrClN5O/c1-30-14-16(11-28-30)8-22-26-12-18(13-27-22)17-4-2-15(3-5-17)9-23(31)29-19-6-7-21(25)20(24)10-19/h2-7,10-14H,8-9H2,1H3,(H,29,31). The van der Waals surface area contributed by atoms with Gasteiger partial charge in [0.05, 0.1) is 17.6 Å².